The summed E-state index contributed by atoms with van der Waals surface area (Å²) < 4.78 is 59.8. The third-order valence-corrected chi connectivity index (χ3v) is 8.36. The summed E-state index contributed by atoms with van der Waals surface area (Å²) in [7, 11) is -7.79. The van der Waals surface area contributed by atoms with E-state index < -0.39 is 20.0 Å². The second-order valence-electron chi connectivity index (χ2n) is 6.37. The molecule has 1 saturated heterocycles. The molecule has 1 aromatic heterocycles. The molecule has 0 spiro atoms. The largest absolute Gasteiger partial charge is 0.360 e. The fourth-order valence-corrected chi connectivity index (χ4v) is 6.47. The zero-order valence-electron chi connectivity index (χ0n) is 14.9. The third kappa shape index (κ3) is 3.98. The highest BCUT2D eigenvalue weighted by Crippen LogP contribution is 2.31. The number of hydrogen-bond acceptors (Lipinski definition) is 6. The van der Waals surface area contributed by atoms with Crippen molar-refractivity contribution in [2.24, 2.45) is 0 Å². The van der Waals surface area contributed by atoms with Crippen molar-refractivity contribution in [1.82, 2.24) is 9.46 Å². The van der Waals surface area contributed by atoms with Crippen LogP contribution in [0.15, 0.2) is 32.5 Å². The van der Waals surface area contributed by atoms with Crippen molar-refractivity contribution in [2.75, 3.05) is 17.8 Å². The molecule has 0 amide bonds. The molecule has 2 aromatic rings. The lowest BCUT2D eigenvalue weighted by molar-refractivity contribution is 0.346. The summed E-state index contributed by atoms with van der Waals surface area (Å²) in [5.74, 6) is 0.148. The van der Waals surface area contributed by atoms with Crippen LogP contribution < -0.4 is 4.72 Å². The number of halogens is 1. The van der Waals surface area contributed by atoms with Crippen LogP contribution >= 0.6 is 11.6 Å². The summed E-state index contributed by atoms with van der Waals surface area (Å²) in [5.41, 5.74) is 0.310. The lowest BCUT2D eigenvalue weighted by Gasteiger charge is -2.26. The van der Waals surface area contributed by atoms with Crippen LogP contribution in [0.1, 0.15) is 30.7 Å². The third-order valence-electron chi connectivity index (χ3n) is 4.35. The molecular formula is C16H20ClN3O5S2. The number of nitrogens with zero attached hydrogens (tertiary/aromatic N) is 2. The molecule has 2 heterocycles. The van der Waals surface area contributed by atoms with Crippen molar-refractivity contribution in [2.45, 2.75) is 42.9 Å². The smallest absolute Gasteiger partial charge is 0.267 e. The van der Waals surface area contributed by atoms with Gasteiger partial charge in [0, 0.05) is 13.1 Å². The van der Waals surface area contributed by atoms with Gasteiger partial charge in [-0.2, -0.15) is 4.31 Å². The highest BCUT2D eigenvalue weighted by Gasteiger charge is 2.29. The van der Waals surface area contributed by atoms with Crippen molar-refractivity contribution in [3.8, 4) is 0 Å². The summed E-state index contributed by atoms with van der Waals surface area (Å²) in [5, 5.41) is 3.68. The first kappa shape index (κ1) is 20.1. The molecule has 27 heavy (non-hydrogen) atoms. The lowest BCUT2D eigenvalue weighted by Crippen LogP contribution is -2.35. The van der Waals surface area contributed by atoms with Gasteiger partial charge in [-0.25, -0.2) is 16.8 Å². The minimum atomic E-state index is -3.99. The standard InChI is InChI=1S/C16H20ClN3O5S2/c1-11-16(12(2)25-18-11)26(21,22)19-13-6-7-14(17)15(10-13)27(23,24)20-8-4-3-5-9-20/h6-7,10,19H,3-5,8-9H2,1-2H3. The van der Waals surface area contributed by atoms with Gasteiger partial charge in [0.1, 0.15) is 10.6 Å². The Balaban J connectivity index is 1.96. The molecule has 11 heteroatoms. The van der Waals surface area contributed by atoms with E-state index in [-0.39, 0.29) is 32.0 Å². The average molecular weight is 434 g/mol. The molecule has 0 aliphatic carbocycles. The number of benzene rings is 1. The Kier molecular flexibility index (Phi) is 5.53. The van der Waals surface area contributed by atoms with Crippen LogP contribution in [-0.4, -0.2) is 39.4 Å². The Hall–Kier alpha value is -1.62. The number of rotatable bonds is 5. The van der Waals surface area contributed by atoms with Gasteiger partial charge >= 0.3 is 0 Å². The van der Waals surface area contributed by atoms with E-state index >= 15 is 0 Å². The summed E-state index contributed by atoms with van der Waals surface area (Å²) in [6, 6.07) is 4.01. The molecule has 1 N–H and O–H groups in total. The average Bonchev–Trinajstić information content (AvgIpc) is 2.96. The molecule has 0 unspecified atom stereocenters. The van der Waals surface area contributed by atoms with E-state index in [0.717, 1.165) is 19.3 Å². The van der Waals surface area contributed by atoms with E-state index in [0.29, 0.717) is 13.1 Å². The summed E-state index contributed by atoms with van der Waals surface area (Å²) in [6.45, 7) is 3.85. The molecule has 148 valence electrons. The molecule has 0 saturated carbocycles. The van der Waals surface area contributed by atoms with Crippen molar-refractivity contribution >= 4 is 37.3 Å². The zero-order chi connectivity index (χ0) is 19.8. The Morgan fingerprint density at radius 1 is 1.11 bits per heavy atom. The first-order chi connectivity index (χ1) is 12.6. The molecule has 0 radical (unpaired) electrons. The summed E-state index contributed by atoms with van der Waals surface area (Å²) in [4.78, 5) is -0.192. The van der Waals surface area contributed by atoms with Crippen LogP contribution in [0.3, 0.4) is 0 Å². The Bertz CT molecular complexity index is 1040. The molecule has 0 atom stereocenters. The summed E-state index contributed by atoms with van der Waals surface area (Å²) >= 11 is 6.11. The SMILES string of the molecule is Cc1noc(C)c1S(=O)(=O)Nc1ccc(Cl)c(S(=O)(=O)N2CCCCC2)c1. The second-order valence-corrected chi connectivity index (χ2v) is 10.3. The highest BCUT2D eigenvalue weighted by molar-refractivity contribution is 7.92. The molecule has 1 aliphatic rings. The van der Waals surface area contributed by atoms with Gasteiger partial charge in [0.2, 0.25) is 10.0 Å². The van der Waals surface area contributed by atoms with E-state index in [4.69, 9.17) is 16.1 Å². The van der Waals surface area contributed by atoms with Crippen molar-refractivity contribution in [3.63, 3.8) is 0 Å². The van der Waals surface area contributed by atoms with Gasteiger partial charge in [-0.1, -0.05) is 23.2 Å². The van der Waals surface area contributed by atoms with Crippen LogP contribution in [0.25, 0.3) is 0 Å². The molecule has 0 bridgehead atoms. The van der Waals surface area contributed by atoms with Crippen molar-refractivity contribution in [3.05, 3.63) is 34.7 Å². The van der Waals surface area contributed by atoms with Crippen LogP contribution in [0.2, 0.25) is 5.02 Å². The number of hydrogen-bond donors (Lipinski definition) is 1. The molecule has 8 nitrogen and oxygen atoms in total. The monoisotopic (exact) mass is 433 g/mol. The van der Waals surface area contributed by atoms with E-state index in [2.05, 4.69) is 9.88 Å². The van der Waals surface area contributed by atoms with Gasteiger partial charge in [0.15, 0.2) is 10.7 Å². The zero-order valence-corrected chi connectivity index (χ0v) is 17.3. The molecular weight excluding hydrogens is 414 g/mol. The van der Waals surface area contributed by atoms with Crippen LogP contribution in [0.5, 0.6) is 0 Å². The first-order valence-corrected chi connectivity index (χ1v) is 11.7. The number of aromatic nitrogens is 1. The van der Waals surface area contributed by atoms with Gasteiger partial charge in [-0.05, 0) is 44.9 Å². The molecule has 3 rings (SSSR count). The van der Waals surface area contributed by atoms with Crippen molar-refractivity contribution < 1.29 is 21.4 Å². The fraction of sp³-hybridized carbons (Fsp3) is 0.438. The van der Waals surface area contributed by atoms with Gasteiger partial charge < -0.3 is 4.52 Å². The molecule has 1 aliphatic heterocycles. The van der Waals surface area contributed by atoms with Crippen LogP contribution in [0.4, 0.5) is 5.69 Å². The van der Waals surface area contributed by atoms with Gasteiger partial charge in [-0.15, -0.1) is 0 Å². The van der Waals surface area contributed by atoms with Gasteiger partial charge in [0.05, 0.1) is 10.7 Å². The fourth-order valence-electron chi connectivity index (χ4n) is 3.07. The maximum atomic E-state index is 12.9. The van der Waals surface area contributed by atoms with Gasteiger partial charge in [0.25, 0.3) is 10.0 Å². The normalized spacial score (nSPS) is 16.4. The van der Waals surface area contributed by atoms with Gasteiger partial charge in [-0.3, -0.25) is 4.72 Å². The quantitative estimate of drug-likeness (QED) is 0.776. The first-order valence-electron chi connectivity index (χ1n) is 8.38. The maximum Gasteiger partial charge on any atom is 0.267 e. The van der Waals surface area contributed by atoms with Crippen molar-refractivity contribution in [1.29, 1.82) is 0 Å². The predicted octanol–water partition coefficient (Wildman–Crippen LogP) is 2.92. The lowest BCUT2D eigenvalue weighted by atomic mass is 10.2. The molecule has 1 aromatic carbocycles. The number of anilines is 1. The Labute approximate surface area is 163 Å². The highest BCUT2D eigenvalue weighted by atomic mass is 35.5. The van der Waals surface area contributed by atoms with E-state index in [9.17, 15) is 16.8 Å². The minimum absolute atomic E-state index is 0.0425. The number of piperidine rings is 1. The Morgan fingerprint density at radius 3 is 2.37 bits per heavy atom. The maximum absolute atomic E-state index is 12.9. The van der Waals surface area contributed by atoms with E-state index in [1.54, 1.807) is 0 Å². The molecule has 1 fully saturated rings. The summed E-state index contributed by atoms with van der Waals surface area (Å²) in [6.07, 6.45) is 2.56. The topological polar surface area (TPSA) is 110 Å². The van der Waals surface area contributed by atoms with Crippen LogP contribution in [0, 0.1) is 13.8 Å². The minimum Gasteiger partial charge on any atom is -0.360 e. The second kappa shape index (κ2) is 7.42. The van der Waals surface area contributed by atoms with Crippen LogP contribution in [-0.2, 0) is 20.0 Å². The van der Waals surface area contributed by atoms with E-state index in [1.807, 2.05) is 0 Å². The predicted molar refractivity (Wildman–Crippen MR) is 101 cm³/mol. The number of aryl methyl sites for hydroxylation is 2. The number of nitrogens with one attached hydrogen (secondary N) is 1. The Morgan fingerprint density at radius 2 is 1.78 bits per heavy atom. The number of sulfonamides is 2. The van der Waals surface area contributed by atoms with E-state index in [1.165, 1.54) is 36.4 Å².